The molecule has 3 rings (SSSR count). The fraction of sp³-hybridized carbons (Fsp3) is 0.556. The summed E-state index contributed by atoms with van der Waals surface area (Å²) in [6.07, 6.45) is 3.63. The van der Waals surface area contributed by atoms with E-state index in [1.54, 1.807) is 7.11 Å². The molecule has 1 heterocycles. The van der Waals surface area contributed by atoms with Crippen molar-refractivity contribution in [3.8, 4) is 11.5 Å². The molecule has 0 bridgehead atoms. The van der Waals surface area contributed by atoms with E-state index >= 15 is 0 Å². The number of ether oxygens (including phenoxy) is 2. The first-order valence-corrected chi connectivity index (χ1v) is 11.9. The van der Waals surface area contributed by atoms with Gasteiger partial charge in [0.15, 0.2) is 0 Å². The molecule has 0 saturated carbocycles. The van der Waals surface area contributed by atoms with E-state index in [2.05, 4.69) is 41.1 Å². The van der Waals surface area contributed by atoms with Gasteiger partial charge in [-0.1, -0.05) is 18.2 Å². The third-order valence-electron chi connectivity index (χ3n) is 6.29. The van der Waals surface area contributed by atoms with E-state index < -0.39 is 0 Å². The minimum atomic E-state index is -0.00327. The Balaban J connectivity index is 1.69. The van der Waals surface area contributed by atoms with E-state index in [0.717, 1.165) is 49.0 Å². The molecule has 2 aromatic rings. The predicted octanol–water partition coefficient (Wildman–Crippen LogP) is 4.36. The van der Waals surface area contributed by atoms with Crippen molar-refractivity contribution in [1.82, 2.24) is 9.80 Å². The highest BCUT2D eigenvalue weighted by Gasteiger charge is 2.20. The van der Waals surface area contributed by atoms with Gasteiger partial charge in [0.25, 0.3) is 0 Å². The molecule has 0 aromatic heterocycles. The summed E-state index contributed by atoms with van der Waals surface area (Å²) in [5, 5.41) is 9.86. The number of aliphatic hydroxyl groups is 1. The fourth-order valence-electron chi connectivity index (χ4n) is 4.41. The number of likely N-dealkylation sites (tertiary alicyclic amines) is 1. The van der Waals surface area contributed by atoms with Gasteiger partial charge in [-0.15, -0.1) is 0 Å². The summed E-state index contributed by atoms with van der Waals surface area (Å²) >= 11 is 0. The molecule has 0 atom stereocenters. The van der Waals surface area contributed by atoms with Crippen LogP contribution in [0.15, 0.2) is 42.5 Å². The van der Waals surface area contributed by atoms with Gasteiger partial charge in [-0.2, -0.15) is 0 Å². The van der Waals surface area contributed by atoms with Crippen LogP contribution in [0.3, 0.4) is 0 Å². The number of hydrogen-bond acceptors (Lipinski definition) is 5. The van der Waals surface area contributed by atoms with Crippen LogP contribution in [0.2, 0.25) is 0 Å². The fourth-order valence-corrected chi connectivity index (χ4v) is 4.41. The third-order valence-corrected chi connectivity index (χ3v) is 6.29. The molecule has 0 unspecified atom stereocenters. The van der Waals surface area contributed by atoms with Crippen molar-refractivity contribution >= 4 is 0 Å². The quantitative estimate of drug-likeness (QED) is 0.562. The number of rotatable bonds is 11. The Morgan fingerprint density at radius 1 is 1.06 bits per heavy atom. The molecule has 1 N–H and O–H groups in total. The van der Waals surface area contributed by atoms with Gasteiger partial charge in [0.1, 0.15) is 11.5 Å². The Kier molecular flexibility index (Phi) is 9.39. The highest BCUT2D eigenvalue weighted by Crippen LogP contribution is 2.24. The number of benzene rings is 2. The summed E-state index contributed by atoms with van der Waals surface area (Å²) in [5.41, 5.74) is 3.43. The Bertz CT molecular complexity index is 814. The number of nitrogens with zero attached hydrogens (tertiary/aromatic N) is 2. The van der Waals surface area contributed by atoms with Gasteiger partial charge in [0, 0.05) is 25.2 Å². The summed E-state index contributed by atoms with van der Waals surface area (Å²) < 4.78 is 11.2. The first kappa shape index (κ1) is 24.6. The molecule has 5 heteroatoms. The predicted molar refractivity (Wildman–Crippen MR) is 130 cm³/mol. The van der Waals surface area contributed by atoms with E-state index in [0.29, 0.717) is 0 Å². The number of aliphatic hydroxyl groups excluding tert-OH is 1. The van der Waals surface area contributed by atoms with E-state index in [1.807, 2.05) is 32.0 Å². The maximum Gasteiger partial charge on any atom is 0.125 e. The van der Waals surface area contributed by atoms with Crippen molar-refractivity contribution in [3.63, 3.8) is 0 Å². The topological polar surface area (TPSA) is 45.2 Å². The largest absolute Gasteiger partial charge is 0.497 e. The Morgan fingerprint density at radius 3 is 2.38 bits per heavy atom. The van der Waals surface area contributed by atoms with Gasteiger partial charge >= 0.3 is 0 Å². The van der Waals surface area contributed by atoms with Crippen molar-refractivity contribution in [2.24, 2.45) is 5.92 Å². The Labute approximate surface area is 193 Å². The van der Waals surface area contributed by atoms with Crippen molar-refractivity contribution in [1.29, 1.82) is 0 Å². The standard InChI is InChI=1S/C27H40N2O3/c1-21(2)32-27-10-7-24(17-25(27)20-30)19-29(18-23-11-14-28(3)15-12-23)16-13-22-5-8-26(31-4)9-6-22/h5-10,17,21,23,30H,11-16,18-20H2,1-4H3. The number of methoxy groups -OCH3 is 1. The molecule has 1 saturated heterocycles. The van der Waals surface area contributed by atoms with Crippen LogP contribution in [0, 0.1) is 5.92 Å². The van der Waals surface area contributed by atoms with Crippen LogP contribution in [0.25, 0.3) is 0 Å². The molecule has 0 aliphatic carbocycles. The molecule has 0 amide bonds. The van der Waals surface area contributed by atoms with Crippen LogP contribution in [0.5, 0.6) is 11.5 Å². The van der Waals surface area contributed by atoms with Crippen LogP contribution in [-0.2, 0) is 19.6 Å². The molecule has 0 spiro atoms. The van der Waals surface area contributed by atoms with Gasteiger partial charge in [-0.25, -0.2) is 0 Å². The van der Waals surface area contributed by atoms with E-state index in [4.69, 9.17) is 9.47 Å². The average molecular weight is 441 g/mol. The third kappa shape index (κ3) is 7.51. The summed E-state index contributed by atoms with van der Waals surface area (Å²) in [7, 11) is 3.92. The van der Waals surface area contributed by atoms with Crippen LogP contribution < -0.4 is 9.47 Å². The van der Waals surface area contributed by atoms with Gasteiger partial charge < -0.3 is 19.5 Å². The van der Waals surface area contributed by atoms with E-state index in [1.165, 1.54) is 37.1 Å². The highest BCUT2D eigenvalue weighted by atomic mass is 16.5. The lowest BCUT2D eigenvalue weighted by Gasteiger charge is -2.33. The smallest absolute Gasteiger partial charge is 0.125 e. The van der Waals surface area contributed by atoms with Crippen molar-refractivity contribution < 1.29 is 14.6 Å². The van der Waals surface area contributed by atoms with Crippen LogP contribution in [0.1, 0.15) is 43.4 Å². The molecule has 2 aromatic carbocycles. The lowest BCUT2D eigenvalue weighted by atomic mass is 9.96. The second kappa shape index (κ2) is 12.2. The Hall–Kier alpha value is -2.08. The van der Waals surface area contributed by atoms with Gasteiger partial charge in [-0.3, -0.25) is 4.90 Å². The minimum Gasteiger partial charge on any atom is -0.497 e. The van der Waals surface area contributed by atoms with Gasteiger partial charge in [0.2, 0.25) is 0 Å². The van der Waals surface area contributed by atoms with Gasteiger partial charge in [0.05, 0.1) is 19.8 Å². The zero-order valence-electron chi connectivity index (χ0n) is 20.2. The molecule has 5 nitrogen and oxygen atoms in total. The summed E-state index contributed by atoms with van der Waals surface area (Å²) in [6, 6.07) is 14.7. The molecule has 0 radical (unpaired) electrons. The molecule has 32 heavy (non-hydrogen) atoms. The summed E-state index contributed by atoms with van der Waals surface area (Å²) in [5.74, 6) is 2.42. The van der Waals surface area contributed by atoms with Crippen LogP contribution in [0.4, 0.5) is 0 Å². The van der Waals surface area contributed by atoms with Crippen LogP contribution >= 0.6 is 0 Å². The normalized spacial score (nSPS) is 15.5. The molecular formula is C27H40N2O3. The SMILES string of the molecule is COc1ccc(CCN(Cc2ccc(OC(C)C)c(CO)c2)CC2CCN(C)CC2)cc1. The summed E-state index contributed by atoms with van der Waals surface area (Å²) in [4.78, 5) is 5.01. The molecule has 1 aliphatic heterocycles. The van der Waals surface area contributed by atoms with E-state index in [9.17, 15) is 5.11 Å². The zero-order chi connectivity index (χ0) is 22.9. The molecule has 1 fully saturated rings. The van der Waals surface area contributed by atoms with Crippen LogP contribution in [-0.4, -0.2) is 61.3 Å². The molecule has 1 aliphatic rings. The highest BCUT2D eigenvalue weighted by molar-refractivity contribution is 5.37. The summed E-state index contributed by atoms with van der Waals surface area (Å²) in [6.45, 7) is 9.41. The second-order valence-corrected chi connectivity index (χ2v) is 9.35. The van der Waals surface area contributed by atoms with Crippen molar-refractivity contribution in [2.75, 3.05) is 40.3 Å². The van der Waals surface area contributed by atoms with E-state index in [-0.39, 0.29) is 12.7 Å². The molecule has 176 valence electrons. The zero-order valence-corrected chi connectivity index (χ0v) is 20.2. The average Bonchev–Trinajstić information content (AvgIpc) is 2.80. The monoisotopic (exact) mass is 440 g/mol. The Morgan fingerprint density at radius 2 is 1.75 bits per heavy atom. The first-order valence-electron chi connectivity index (χ1n) is 11.9. The number of piperidine rings is 1. The first-order chi connectivity index (χ1) is 15.5. The maximum atomic E-state index is 9.86. The maximum absolute atomic E-state index is 9.86. The minimum absolute atomic E-state index is 0.00327. The lowest BCUT2D eigenvalue weighted by molar-refractivity contribution is 0.156. The lowest BCUT2D eigenvalue weighted by Crippen LogP contribution is -2.37. The van der Waals surface area contributed by atoms with Crippen molar-refractivity contribution in [3.05, 3.63) is 59.2 Å². The number of hydrogen-bond donors (Lipinski definition) is 1. The van der Waals surface area contributed by atoms with Crippen molar-refractivity contribution in [2.45, 2.75) is 52.4 Å². The second-order valence-electron chi connectivity index (χ2n) is 9.35. The van der Waals surface area contributed by atoms with Gasteiger partial charge in [-0.05, 0) is 94.6 Å². The molecular weight excluding hydrogens is 400 g/mol.